The van der Waals surface area contributed by atoms with Crippen LogP contribution in [0, 0.1) is 0 Å². The Morgan fingerprint density at radius 3 is 2.30 bits per heavy atom. The van der Waals surface area contributed by atoms with Crippen molar-refractivity contribution in [2.75, 3.05) is 0 Å². The molecule has 8 atom stereocenters. The number of carbonyl (C=O) groups is 4. The van der Waals surface area contributed by atoms with Gasteiger partial charge in [-0.3, -0.25) is 14.4 Å². The average Bonchev–Trinajstić information content (AvgIpc) is 2.79. The first-order valence-electron chi connectivity index (χ1n) is 10.5. The van der Waals surface area contributed by atoms with Gasteiger partial charge in [0.05, 0.1) is 6.04 Å². The Labute approximate surface area is 189 Å². The topological polar surface area (TPSA) is 158 Å². The molecule has 0 bridgehead atoms. The molecule has 1 amide bonds. The molecule has 3 rings (SSSR count). The highest BCUT2D eigenvalue weighted by Gasteiger charge is 2.52. The Kier molecular flexibility index (Phi) is 7.92. The fourth-order valence-corrected chi connectivity index (χ4v) is 3.65. The van der Waals surface area contributed by atoms with Crippen LogP contribution in [-0.4, -0.2) is 82.6 Å². The molecule has 2 aliphatic heterocycles. The van der Waals surface area contributed by atoms with Crippen molar-refractivity contribution in [1.29, 1.82) is 0 Å². The van der Waals surface area contributed by atoms with Gasteiger partial charge in [-0.1, -0.05) is 30.3 Å². The average molecular weight is 465 g/mol. The number of carbonyl (C=O) groups excluding carboxylic acids is 4. The van der Waals surface area contributed by atoms with Gasteiger partial charge in [-0.15, -0.1) is 0 Å². The van der Waals surface area contributed by atoms with E-state index in [2.05, 4.69) is 5.32 Å². The molecule has 11 nitrogen and oxygen atoms in total. The second-order valence-corrected chi connectivity index (χ2v) is 7.96. The molecule has 2 aliphatic rings. The maximum atomic E-state index is 12.9. The van der Waals surface area contributed by atoms with Crippen LogP contribution in [0.4, 0.5) is 0 Å². The second-order valence-electron chi connectivity index (χ2n) is 7.96. The van der Waals surface area contributed by atoms with E-state index in [1.54, 1.807) is 24.3 Å². The van der Waals surface area contributed by atoms with E-state index in [0.29, 0.717) is 0 Å². The number of rotatable bonds is 6. The highest BCUT2D eigenvalue weighted by atomic mass is 16.7. The predicted molar refractivity (Wildman–Crippen MR) is 109 cm³/mol. The van der Waals surface area contributed by atoms with E-state index >= 15 is 0 Å². The molecule has 1 aromatic rings. The quantitative estimate of drug-likeness (QED) is 0.446. The summed E-state index contributed by atoms with van der Waals surface area (Å²) in [4.78, 5) is 49.4. The zero-order chi connectivity index (χ0) is 24.3. The summed E-state index contributed by atoms with van der Waals surface area (Å²) >= 11 is 0. The minimum Gasteiger partial charge on any atom is -0.459 e. The Morgan fingerprint density at radius 2 is 1.67 bits per heavy atom. The van der Waals surface area contributed by atoms with Crippen LogP contribution in [-0.2, 0) is 44.7 Å². The molecule has 2 saturated heterocycles. The van der Waals surface area contributed by atoms with E-state index in [1.165, 1.54) is 20.8 Å². The summed E-state index contributed by atoms with van der Waals surface area (Å²) in [6.07, 6.45) is -10.2. The van der Waals surface area contributed by atoms with Crippen molar-refractivity contribution >= 4 is 23.4 Å². The standard InChI is InChI=1S/C22H27NO10/c1-10-15(25)17(27)18(28)22(32-10)33-19-14(23-12(3)24)20(31-11(2)16(19)26)21(29)30-9-13-7-5-4-6-8-13/h4-8,10-11,14,17-20,22,27-28H,9H2,1-3H3,(H,23,24)/t10?,11?,14?,17?,18?,19?,20?,22-/m0/s1. The summed E-state index contributed by atoms with van der Waals surface area (Å²) in [5, 5.41) is 22.6. The van der Waals surface area contributed by atoms with Crippen molar-refractivity contribution in [3.8, 4) is 0 Å². The van der Waals surface area contributed by atoms with Crippen molar-refractivity contribution in [2.24, 2.45) is 0 Å². The van der Waals surface area contributed by atoms with E-state index in [4.69, 9.17) is 18.9 Å². The molecule has 7 unspecified atom stereocenters. The van der Waals surface area contributed by atoms with Gasteiger partial charge in [-0.25, -0.2) is 4.79 Å². The van der Waals surface area contributed by atoms with Crippen molar-refractivity contribution in [1.82, 2.24) is 5.32 Å². The van der Waals surface area contributed by atoms with E-state index < -0.39 is 72.4 Å². The minimum absolute atomic E-state index is 0.0591. The molecule has 33 heavy (non-hydrogen) atoms. The Morgan fingerprint density at radius 1 is 1.03 bits per heavy atom. The van der Waals surface area contributed by atoms with Gasteiger partial charge in [-0.05, 0) is 19.4 Å². The molecule has 1 aromatic carbocycles. The summed E-state index contributed by atoms with van der Waals surface area (Å²) in [6, 6.07) is 7.57. The number of ketones is 2. The molecular weight excluding hydrogens is 438 g/mol. The summed E-state index contributed by atoms with van der Waals surface area (Å²) in [7, 11) is 0. The van der Waals surface area contributed by atoms with Crippen molar-refractivity contribution in [2.45, 2.75) is 76.3 Å². The Balaban J connectivity index is 1.81. The smallest absolute Gasteiger partial charge is 0.337 e. The van der Waals surface area contributed by atoms with Crippen LogP contribution in [0.25, 0.3) is 0 Å². The highest BCUT2D eigenvalue weighted by molar-refractivity contribution is 5.92. The molecule has 2 heterocycles. The van der Waals surface area contributed by atoms with Crippen LogP contribution < -0.4 is 5.32 Å². The molecule has 0 saturated carbocycles. The third-order valence-electron chi connectivity index (χ3n) is 5.42. The molecule has 0 spiro atoms. The second kappa shape index (κ2) is 10.5. The third-order valence-corrected chi connectivity index (χ3v) is 5.42. The van der Waals surface area contributed by atoms with E-state index in [-0.39, 0.29) is 6.61 Å². The summed E-state index contributed by atoms with van der Waals surface area (Å²) in [6.45, 7) is 3.88. The van der Waals surface area contributed by atoms with Gasteiger partial charge in [-0.2, -0.15) is 0 Å². The molecule has 180 valence electrons. The van der Waals surface area contributed by atoms with Crippen LogP contribution in [0.3, 0.4) is 0 Å². The van der Waals surface area contributed by atoms with Gasteiger partial charge in [0.1, 0.15) is 37.1 Å². The number of esters is 1. The lowest BCUT2D eigenvalue weighted by molar-refractivity contribution is -0.272. The third kappa shape index (κ3) is 5.63. The first-order chi connectivity index (χ1) is 15.6. The number of hydrogen-bond donors (Lipinski definition) is 3. The van der Waals surface area contributed by atoms with Gasteiger partial charge in [0.25, 0.3) is 0 Å². The molecule has 0 aromatic heterocycles. The Hall–Kier alpha value is -2.70. The molecule has 3 N–H and O–H groups in total. The van der Waals surface area contributed by atoms with Crippen LogP contribution in [0.1, 0.15) is 26.3 Å². The largest absolute Gasteiger partial charge is 0.459 e. The van der Waals surface area contributed by atoms with Crippen LogP contribution in [0.2, 0.25) is 0 Å². The van der Waals surface area contributed by atoms with Gasteiger partial charge >= 0.3 is 5.97 Å². The summed E-state index contributed by atoms with van der Waals surface area (Å²) in [5.41, 5.74) is 0.723. The molecular formula is C22H27NO10. The first kappa shape index (κ1) is 24.9. The van der Waals surface area contributed by atoms with Crippen molar-refractivity contribution in [3.63, 3.8) is 0 Å². The fourth-order valence-electron chi connectivity index (χ4n) is 3.65. The van der Waals surface area contributed by atoms with Gasteiger partial charge in [0, 0.05) is 6.92 Å². The molecule has 11 heteroatoms. The van der Waals surface area contributed by atoms with Gasteiger partial charge < -0.3 is 34.5 Å². The molecule has 2 fully saturated rings. The zero-order valence-electron chi connectivity index (χ0n) is 18.4. The highest BCUT2D eigenvalue weighted by Crippen LogP contribution is 2.27. The van der Waals surface area contributed by atoms with E-state index in [1.807, 2.05) is 6.07 Å². The number of Topliss-reactive ketones (excluding diaryl/α,β-unsaturated/α-hetero) is 2. The lowest BCUT2D eigenvalue weighted by atomic mass is 9.93. The Bertz CT molecular complexity index is 890. The normalized spacial score (nSPS) is 34.6. The lowest BCUT2D eigenvalue weighted by Gasteiger charge is -2.42. The monoisotopic (exact) mass is 465 g/mol. The van der Waals surface area contributed by atoms with Crippen LogP contribution >= 0.6 is 0 Å². The van der Waals surface area contributed by atoms with Crippen LogP contribution in [0.5, 0.6) is 0 Å². The number of hydrogen-bond acceptors (Lipinski definition) is 10. The summed E-state index contributed by atoms with van der Waals surface area (Å²) in [5.74, 6) is -2.78. The molecule has 0 radical (unpaired) electrons. The SMILES string of the molecule is CC(=O)NC1C(C(=O)OCc2ccccc2)OC(C)C(=O)C1O[C@@H]1OC(C)C(=O)C(O)C1O. The summed E-state index contributed by atoms with van der Waals surface area (Å²) < 4.78 is 21.8. The number of amides is 1. The molecule has 0 aliphatic carbocycles. The van der Waals surface area contributed by atoms with Crippen molar-refractivity contribution < 1.29 is 48.3 Å². The zero-order valence-corrected chi connectivity index (χ0v) is 18.4. The predicted octanol–water partition coefficient (Wildman–Crippen LogP) is -0.988. The number of aliphatic hydroxyl groups is 2. The first-order valence-corrected chi connectivity index (χ1v) is 10.5. The van der Waals surface area contributed by atoms with Gasteiger partial charge in [0.15, 0.2) is 24.0 Å². The lowest BCUT2D eigenvalue weighted by Crippen LogP contribution is -2.66. The number of ether oxygens (including phenoxy) is 4. The van der Waals surface area contributed by atoms with E-state index in [9.17, 15) is 29.4 Å². The fraction of sp³-hybridized carbons (Fsp3) is 0.545. The van der Waals surface area contributed by atoms with Gasteiger partial charge in [0.2, 0.25) is 5.91 Å². The maximum Gasteiger partial charge on any atom is 0.337 e. The van der Waals surface area contributed by atoms with Crippen molar-refractivity contribution in [3.05, 3.63) is 35.9 Å². The van der Waals surface area contributed by atoms with Crippen LogP contribution in [0.15, 0.2) is 30.3 Å². The number of nitrogens with one attached hydrogen (secondary N) is 1. The van der Waals surface area contributed by atoms with E-state index in [0.717, 1.165) is 5.56 Å². The minimum atomic E-state index is -1.78. The number of benzene rings is 1. The number of aliphatic hydroxyl groups excluding tert-OH is 2. The maximum absolute atomic E-state index is 12.9.